The maximum atomic E-state index is 12.0. The highest BCUT2D eigenvalue weighted by molar-refractivity contribution is 7.92. The van der Waals surface area contributed by atoms with Gasteiger partial charge in [0.15, 0.2) is 4.90 Å². The summed E-state index contributed by atoms with van der Waals surface area (Å²) in [5.41, 5.74) is 4.00. The van der Waals surface area contributed by atoms with Crippen LogP contribution in [0.1, 0.15) is 0 Å². The van der Waals surface area contributed by atoms with E-state index in [0.29, 0.717) is 5.69 Å². The molecule has 2 rings (SSSR count). The van der Waals surface area contributed by atoms with Gasteiger partial charge in [0.05, 0.1) is 10.7 Å². The number of aromatic amines is 2. The Morgan fingerprint density at radius 1 is 1.25 bits per heavy atom. The minimum atomic E-state index is -4.20. The molecule has 2 aromatic rings. The topological polar surface area (TPSA) is 138 Å². The van der Waals surface area contributed by atoms with Gasteiger partial charge in [-0.05, 0) is 18.2 Å². The van der Waals surface area contributed by atoms with Crippen LogP contribution < -0.4 is 21.7 Å². The van der Waals surface area contributed by atoms with Gasteiger partial charge in [-0.25, -0.2) is 13.2 Å². The summed E-state index contributed by atoms with van der Waals surface area (Å²) in [7, 11) is -4.20. The Kier molecular flexibility index (Phi) is 3.55. The molecule has 1 heterocycles. The van der Waals surface area contributed by atoms with E-state index in [2.05, 4.69) is 9.71 Å². The molecule has 0 aliphatic heterocycles. The molecule has 20 heavy (non-hydrogen) atoms. The first-order valence-corrected chi connectivity index (χ1v) is 7.05. The molecule has 0 amide bonds. The summed E-state index contributed by atoms with van der Waals surface area (Å²) in [6, 6.07) is 4.21. The van der Waals surface area contributed by atoms with Crippen LogP contribution in [0.4, 0.5) is 11.4 Å². The van der Waals surface area contributed by atoms with Crippen molar-refractivity contribution >= 4 is 33.0 Å². The molecule has 0 saturated carbocycles. The normalized spacial score (nSPS) is 11.2. The quantitative estimate of drug-likeness (QED) is 0.595. The van der Waals surface area contributed by atoms with Gasteiger partial charge in [0.25, 0.3) is 15.6 Å². The highest BCUT2D eigenvalue weighted by atomic mass is 35.5. The van der Waals surface area contributed by atoms with E-state index in [1.807, 2.05) is 4.98 Å². The van der Waals surface area contributed by atoms with Crippen molar-refractivity contribution in [3.63, 3.8) is 0 Å². The molecule has 0 unspecified atom stereocenters. The molecule has 0 aliphatic carbocycles. The monoisotopic (exact) mass is 316 g/mol. The van der Waals surface area contributed by atoms with Crippen LogP contribution in [0.25, 0.3) is 0 Å². The minimum Gasteiger partial charge on any atom is -0.399 e. The molecular formula is C10H9ClN4O4S. The summed E-state index contributed by atoms with van der Waals surface area (Å²) in [5, 5.41) is 0.114. The third kappa shape index (κ3) is 2.83. The Hall–Kier alpha value is -2.26. The van der Waals surface area contributed by atoms with E-state index in [4.69, 9.17) is 17.3 Å². The second-order valence-corrected chi connectivity index (χ2v) is 5.84. The number of hydrogen-bond donors (Lipinski definition) is 4. The molecule has 8 nitrogen and oxygen atoms in total. The lowest BCUT2D eigenvalue weighted by Crippen LogP contribution is -2.29. The van der Waals surface area contributed by atoms with Crippen molar-refractivity contribution in [2.75, 3.05) is 10.5 Å². The van der Waals surface area contributed by atoms with Gasteiger partial charge in [-0.3, -0.25) is 14.5 Å². The molecule has 0 aliphatic rings. The van der Waals surface area contributed by atoms with Crippen LogP contribution in [0.2, 0.25) is 5.02 Å². The summed E-state index contributed by atoms with van der Waals surface area (Å²) >= 11 is 5.83. The summed E-state index contributed by atoms with van der Waals surface area (Å²) < 4.78 is 26.2. The fourth-order valence-corrected chi connectivity index (χ4v) is 2.72. The predicted molar refractivity (Wildman–Crippen MR) is 74.4 cm³/mol. The second-order valence-electron chi connectivity index (χ2n) is 3.78. The van der Waals surface area contributed by atoms with E-state index in [9.17, 15) is 18.0 Å². The molecule has 106 valence electrons. The number of hydrogen-bond acceptors (Lipinski definition) is 5. The van der Waals surface area contributed by atoms with Gasteiger partial charge in [0.2, 0.25) is 0 Å². The number of nitrogens with one attached hydrogen (secondary N) is 3. The highest BCUT2D eigenvalue weighted by Crippen LogP contribution is 2.25. The van der Waals surface area contributed by atoms with E-state index in [-0.39, 0.29) is 10.7 Å². The van der Waals surface area contributed by atoms with Gasteiger partial charge in [-0.2, -0.15) is 0 Å². The number of nitrogens with two attached hydrogens (primary N) is 1. The van der Waals surface area contributed by atoms with Gasteiger partial charge in [0, 0.05) is 11.9 Å². The fourth-order valence-electron chi connectivity index (χ4n) is 1.42. The van der Waals surface area contributed by atoms with Crippen molar-refractivity contribution in [2.45, 2.75) is 4.90 Å². The number of sulfonamides is 1. The first-order chi connectivity index (χ1) is 9.29. The lowest BCUT2D eigenvalue weighted by atomic mass is 10.3. The third-order valence-corrected chi connectivity index (χ3v) is 4.01. The standard InChI is InChI=1S/C10H9ClN4O4S/c11-6-2-1-5(12)3-7(6)15-20(18,19)8-4-13-10(17)14-9(8)16/h1-4,15H,12H2,(H2,13,14,16,17). The number of H-pyrrole nitrogens is 2. The summed E-state index contributed by atoms with van der Waals surface area (Å²) in [5.74, 6) is 0. The van der Waals surface area contributed by atoms with E-state index < -0.39 is 26.2 Å². The van der Waals surface area contributed by atoms with Gasteiger partial charge in [-0.15, -0.1) is 0 Å². The molecule has 0 spiro atoms. The van der Waals surface area contributed by atoms with E-state index >= 15 is 0 Å². The van der Waals surface area contributed by atoms with Crippen molar-refractivity contribution in [3.8, 4) is 0 Å². The lowest BCUT2D eigenvalue weighted by molar-refractivity contribution is 0.599. The molecule has 0 saturated heterocycles. The minimum absolute atomic E-state index is 0.0252. The first-order valence-electron chi connectivity index (χ1n) is 5.19. The van der Waals surface area contributed by atoms with Crippen LogP contribution >= 0.6 is 11.6 Å². The number of nitrogen functional groups attached to an aromatic ring is 1. The molecule has 10 heteroatoms. The maximum absolute atomic E-state index is 12.0. The molecule has 1 aromatic carbocycles. The number of benzene rings is 1. The van der Waals surface area contributed by atoms with Gasteiger partial charge >= 0.3 is 5.69 Å². The molecule has 0 radical (unpaired) electrons. The predicted octanol–water partition coefficient (Wildman–Crippen LogP) is 0.0996. The van der Waals surface area contributed by atoms with Crippen LogP contribution in [0.3, 0.4) is 0 Å². The Balaban J connectivity index is 2.49. The summed E-state index contributed by atoms with van der Waals surface area (Å²) in [6.07, 6.45) is 0.795. The molecular weight excluding hydrogens is 308 g/mol. The zero-order valence-electron chi connectivity index (χ0n) is 9.81. The van der Waals surface area contributed by atoms with Crippen molar-refractivity contribution in [1.82, 2.24) is 9.97 Å². The van der Waals surface area contributed by atoms with Crippen molar-refractivity contribution < 1.29 is 8.42 Å². The largest absolute Gasteiger partial charge is 0.399 e. The van der Waals surface area contributed by atoms with E-state index in [0.717, 1.165) is 6.20 Å². The summed E-state index contributed by atoms with van der Waals surface area (Å²) in [6.45, 7) is 0. The fraction of sp³-hybridized carbons (Fsp3) is 0. The third-order valence-electron chi connectivity index (χ3n) is 2.31. The average Bonchev–Trinajstić information content (AvgIpc) is 2.33. The molecule has 0 atom stereocenters. The Labute approximate surface area is 117 Å². The van der Waals surface area contributed by atoms with Crippen LogP contribution in [-0.2, 0) is 10.0 Å². The zero-order valence-corrected chi connectivity index (χ0v) is 11.4. The van der Waals surface area contributed by atoms with E-state index in [1.165, 1.54) is 18.2 Å². The van der Waals surface area contributed by atoms with Crippen LogP contribution in [0.15, 0.2) is 38.9 Å². The molecule has 5 N–H and O–H groups in total. The van der Waals surface area contributed by atoms with Crippen LogP contribution in [-0.4, -0.2) is 18.4 Å². The number of aromatic nitrogens is 2. The Bertz CT molecular complexity index is 871. The SMILES string of the molecule is Nc1ccc(Cl)c(NS(=O)(=O)c2c[nH]c(=O)[nH]c2=O)c1. The number of halogens is 1. The highest BCUT2D eigenvalue weighted by Gasteiger charge is 2.20. The molecule has 0 bridgehead atoms. The zero-order chi connectivity index (χ0) is 14.9. The van der Waals surface area contributed by atoms with Crippen LogP contribution in [0, 0.1) is 0 Å². The Morgan fingerprint density at radius 3 is 2.60 bits per heavy atom. The average molecular weight is 317 g/mol. The number of anilines is 2. The maximum Gasteiger partial charge on any atom is 0.325 e. The van der Waals surface area contributed by atoms with Crippen molar-refractivity contribution in [1.29, 1.82) is 0 Å². The van der Waals surface area contributed by atoms with E-state index in [1.54, 1.807) is 0 Å². The van der Waals surface area contributed by atoms with Gasteiger partial charge in [-0.1, -0.05) is 11.6 Å². The Morgan fingerprint density at radius 2 is 1.95 bits per heavy atom. The van der Waals surface area contributed by atoms with Gasteiger partial charge < -0.3 is 10.7 Å². The van der Waals surface area contributed by atoms with Gasteiger partial charge in [0.1, 0.15) is 0 Å². The molecule has 0 fully saturated rings. The summed E-state index contributed by atoms with van der Waals surface area (Å²) in [4.78, 5) is 25.6. The first kappa shape index (κ1) is 14.2. The molecule has 1 aromatic heterocycles. The second kappa shape index (κ2) is 5.02. The van der Waals surface area contributed by atoms with Crippen molar-refractivity contribution in [2.24, 2.45) is 0 Å². The lowest BCUT2D eigenvalue weighted by Gasteiger charge is -2.09. The van der Waals surface area contributed by atoms with Crippen molar-refractivity contribution in [3.05, 3.63) is 50.3 Å². The number of rotatable bonds is 3. The van der Waals surface area contributed by atoms with Crippen LogP contribution in [0.5, 0.6) is 0 Å². The smallest absolute Gasteiger partial charge is 0.325 e.